The Kier molecular flexibility index (Phi) is 8.83. The summed E-state index contributed by atoms with van der Waals surface area (Å²) in [6, 6.07) is 5.58. The van der Waals surface area contributed by atoms with Crippen LogP contribution in [0, 0.1) is 6.92 Å². The van der Waals surface area contributed by atoms with Gasteiger partial charge < -0.3 is 20.5 Å². The van der Waals surface area contributed by atoms with Crippen molar-refractivity contribution in [2.45, 2.75) is 27.3 Å². The van der Waals surface area contributed by atoms with Crippen LogP contribution in [0.25, 0.3) is 0 Å². The molecule has 2 rings (SSSR count). The van der Waals surface area contributed by atoms with E-state index in [0.29, 0.717) is 31.5 Å². The minimum atomic E-state index is 0. The monoisotopic (exact) mass is 462 g/mol. The summed E-state index contributed by atoms with van der Waals surface area (Å²) in [5.74, 6) is 1.79. The van der Waals surface area contributed by atoms with Gasteiger partial charge >= 0.3 is 0 Å². The number of aromatic nitrogens is 1. The minimum Gasteiger partial charge on any atom is -0.494 e. The molecule has 0 radical (unpaired) electrons. The number of aryl methyl sites for hydroxylation is 1. The van der Waals surface area contributed by atoms with Gasteiger partial charge in [0.25, 0.3) is 0 Å². The van der Waals surface area contributed by atoms with Gasteiger partial charge in [0.2, 0.25) is 0 Å². The molecule has 0 saturated carbocycles. The predicted molar refractivity (Wildman–Crippen MR) is 110 cm³/mol. The van der Waals surface area contributed by atoms with Crippen molar-refractivity contribution in [3.8, 4) is 11.5 Å². The van der Waals surface area contributed by atoms with Gasteiger partial charge in [0.05, 0.1) is 30.5 Å². The number of thiazole rings is 1. The number of anilines is 1. The number of aliphatic imine (C=N–C) groups is 1. The third-order valence-electron chi connectivity index (χ3n) is 2.90. The van der Waals surface area contributed by atoms with E-state index in [1.807, 2.05) is 45.2 Å². The van der Waals surface area contributed by atoms with Crippen LogP contribution in [0.4, 0.5) is 5.69 Å². The zero-order chi connectivity index (χ0) is 16.7. The average molecular weight is 462 g/mol. The van der Waals surface area contributed by atoms with Crippen molar-refractivity contribution in [2.24, 2.45) is 10.7 Å². The van der Waals surface area contributed by atoms with Crippen molar-refractivity contribution < 1.29 is 9.47 Å². The Bertz CT molecular complexity index is 676. The van der Waals surface area contributed by atoms with Gasteiger partial charge in [-0.1, -0.05) is 0 Å². The number of hydrogen-bond donors (Lipinski definition) is 2. The van der Waals surface area contributed by atoms with E-state index in [-0.39, 0.29) is 24.0 Å². The number of benzene rings is 1. The first-order valence-corrected chi connectivity index (χ1v) is 8.32. The molecule has 0 amide bonds. The Hall–Kier alpha value is -1.55. The molecule has 0 aliphatic carbocycles. The first-order valence-electron chi connectivity index (χ1n) is 7.50. The largest absolute Gasteiger partial charge is 0.494 e. The molecule has 2 aromatic rings. The Morgan fingerprint density at radius 2 is 2.04 bits per heavy atom. The van der Waals surface area contributed by atoms with Crippen molar-refractivity contribution >= 4 is 47.0 Å². The van der Waals surface area contributed by atoms with E-state index in [1.165, 1.54) is 0 Å². The lowest BCUT2D eigenvalue weighted by molar-refractivity contribution is 0.332. The Balaban J connectivity index is 0.00000288. The number of rotatable bonds is 7. The van der Waals surface area contributed by atoms with Crippen LogP contribution in [-0.2, 0) is 6.54 Å². The van der Waals surface area contributed by atoms with E-state index >= 15 is 0 Å². The molecule has 6 nitrogen and oxygen atoms in total. The first kappa shape index (κ1) is 20.5. The molecule has 0 atom stereocenters. The highest BCUT2D eigenvalue weighted by molar-refractivity contribution is 14.0. The number of nitrogens with two attached hydrogens (primary N) is 1. The van der Waals surface area contributed by atoms with Crippen LogP contribution in [0.5, 0.6) is 11.5 Å². The van der Waals surface area contributed by atoms with Crippen molar-refractivity contribution in [1.29, 1.82) is 0 Å². The lowest BCUT2D eigenvalue weighted by Crippen LogP contribution is -2.23. The predicted octanol–water partition coefficient (Wildman–Crippen LogP) is 3.79. The molecular formula is C16H23IN4O2S. The SMILES string of the molecule is CCOc1ccc(OCC)c(NC(N)=NCc2cnc(C)s2)c1.I. The van der Waals surface area contributed by atoms with Crippen LogP contribution >= 0.6 is 35.3 Å². The van der Waals surface area contributed by atoms with Crippen molar-refractivity contribution in [1.82, 2.24) is 4.98 Å². The summed E-state index contributed by atoms with van der Waals surface area (Å²) in [5, 5.41) is 4.10. The molecule has 0 unspecified atom stereocenters. The highest BCUT2D eigenvalue weighted by Crippen LogP contribution is 2.29. The quantitative estimate of drug-likeness (QED) is 0.372. The molecule has 24 heavy (non-hydrogen) atoms. The molecule has 0 aliphatic rings. The highest BCUT2D eigenvalue weighted by atomic mass is 127. The zero-order valence-electron chi connectivity index (χ0n) is 14.0. The fourth-order valence-electron chi connectivity index (χ4n) is 1.96. The van der Waals surface area contributed by atoms with E-state index < -0.39 is 0 Å². The van der Waals surface area contributed by atoms with Crippen LogP contribution in [0.3, 0.4) is 0 Å². The van der Waals surface area contributed by atoms with Crippen molar-refractivity contribution in [2.75, 3.05) is 18.5 Å². The van der Waals surface area contributed by atoms with E-state index in [2.05, 4.69) is 15.3 Å². The lowest BCUT2D eigenvalue weighted by Gasteiger charge is -2.13. The molecule has 132 valence electrons. The molecule has 0 spiro atoms. The normalized spacial score (nSPS) is 10.9. The van der Waals surface area contributed by atoms with Gasteiger partial charge in [0.1, 0.15) is 11.5 Å². The number of hydrogen-bond acceptors (Lipinski definition) is 5. The molecule has 0 aliphatic heterocycles. The minimum absolute atomic E-state index is 0. The van der Waals surface area contributed by atoms with Gasteiger partial charge in [0.15, 0.2) is 5.96 Å². The standard InChI is InChI=1S/C16H22N4O2S.HI/c1-4-21-12-6-7-15(22-5-2)14(8-12)20-16(17)19-10-13-9-18-11(3)23-13;/h6-9H,4-5,10H2,1-3H3,(H3,17,19,20);1H. The Morgan fingerprint density at radius 3 is 2.67 bits per heavy atom. The average Bonchev–Trinajstić information content (AvgIpc) is 2.94. The third-order valence-corrected chi connectivity index (χ3v) is 3.80. The molecule has 8 heteroatoms. The molecule has 3 N–H and O–H groups in total. The Morgan fingerprint density at radius 1 is 1.29 bits per heavy atom. The maximum atomic E-state index is 5.98. The summed E-state index contributed by atoms with van der Waals surface area (Å²) < 4.78 is 11.1. The van der Waals surface area contributed by atoms with Gasteiger partial charge in [-0.25, -0.2) is 9.98 Å². The maximum Gasteiger partial charge on any atom is 0.193 e. The fraction of sp³-hybridized carbons (Fsp3) is 0.375. The summed E-state index contributed by atoms with van der Waals surface area (Å²) in [5.41, 5.74) is 6.71. The topological polar surface area (TPSA) is 81.8 Å². The van der Waals surface area contributed by atoms with Crippen molar-refractivity contribution in [3.63, 3.8) is 0 Å². The molecule has 1 aromatic carbocycles. The molecule has 0 bridgehead atoms. The highest BCUT2D eigenvalue weighted by Gasteiger charge is 2.07. The Labute approximate surface area is 163 Å². The molecular weight excluding hydrogens is 439 g/mol. The van der Waals surface area contributed by atoms with E-state index in [1.54, 1.807) is 11.3 Å². The molecule has 0 saturated heterocycles. The molecule has 1 heterocycles. The van der Waals surface area contributed by atoms with Crippen LogP contribution in [0.1, 0.15) is 23.7 Å². The zero-order valence-corrected chi connectivity index (χ0v) is 17.2. The summed E-state index contributed by atoms with van der Waals surface area (Å²) in [6.45, 7) is 7.51. The van der Waals surface area contributed by atoms with Gasteiger partial charge in [-0.2, -0.15) is 0 Å². The first-order chi connectivity index (χ1) is 11.1. The van der Waals surface area contributed by atoms with Crippen LogP contribution in [0.2, 0.25) is 0 Å². The van der Waals surface area contributed by atoms with Crippen LogP contribution in [0.15, 0.2) is 29.4 Å². The van der Waals surface area contributed by atoms with Crippen molar-refractivity contribution in [3.05, 3.63) is 34.3 Å². The number of nitrogens with zero attached hydrogens (tertiary/aromatic N) is 2. The summed E-state index contributed by atoms with van der Waals surface area (Å²) in [4.78, 5) is 9.61. The number of ether oxygens (including phenoxy) is 2. The summed E-state index contributed by atoms with van der Waals surface area (Å²) in [6.07, 6.45) is 1.82. The third kappa shape index (κ3) is 6.16. The van der Waals surface area contributed by atoms with Gasteiger partial charge in [-0.3, -0.25) is 0 Å². The van der Waals surface area contributed by atoms with Gasteiger partial charge in [-0.05, 0) is 32.9 Å². The maximum absolute atomic E-state index is 5.98. The van der Waals surface area contributed by atoms with Crippen LogP contribution in [-0.4, -0.2) is 24.2 Å². The number of halogens is 1. The van der Waals surface area contributed by atoms with Gasteiger partial charge in [-0.15, -0.1) is 35.3 Å². The molecule has 1 aromatic heterocycles. The number of guanidine groups is 1. The second-order valence-corrected chi connectivity index (χ2v) is 6.02. The summed E-state index contributed by atoms with van der Waals surface area (Å²) >= 11 is 1.61. The number of nitrogens with one attached hydrogen (secondary N) is 1. The molecule has 0 fully saturated rings. The van der Waals surface area contributed by atoms with E-state index in [4.69, 9.17) is 15.2 Å². The smallest absolute Gasteiger partial charge is 0.193 e. The van der Waals surface area contributed by atoms with E-state index in [0.717, 1.165) is 21.3 Å². The summed E-state index contributed by atoms with van der Waals surface area (Å²) in [7, 11) is 0. The second kappa shape index (κ2) is 10.3. The van der Waals surface area contributed by atoms with Crippen LogP contribution < -0.4 is 20.5 Å². The van der Waals surface area contributed by atoms with Gasteiger partial charge in [0, 0.05) is 17.1 Å². The lowest BCUT2D eigenvalue weighted by atomic mass is 10.2. The van der Waals surface area contributed by atoms with E-state index in [9.17, 15) is 0 Å². The fourth-order valence-corrected chi connectivity index (χ4v) is 2.68. The second-order valence-electron chi connectivity index (χ2n) is 4.70.